The second-order valence-electron chi connectivity index (χ2n) is 5.90. The van der Waals surface area contributed by atoms with Crippen LogP contribution in [0, 0.1) is 0 Å². The van der Waals surface area contributed by atoms with Crippen LogP contribution in [0.3, 0.4) is 0 Å². The van der Waals surface area contributed by atoms with Crippen molar-refractivity contribution in [3.05, 3.63) is 97.4 Å². The van der Waals surface area contributed by atoms with Gasteiger partial charge in [-0.1, -0.05) is 70.7 Å². The fraction of sp³-hybridized carbons (Fsp3) is 0.0952. The van der Waals surface area contributed by atoms with E-state index in [9.17, 15) is 0 Å². The Bertz CT molecular complexity index is 972. The number of hydrogen-bond donors (Lipinski definition) is 1. The smallest absolute Gasteiger partial charge is 0.120 e. The first-order valence-corrected chi connectivity index (χ1v) is 9.90. The fourth-order valence-electron chi connectivity index (χ4n) is 2.43. The van der Waals surface area contributed by atoms with Gasteiger partial charge < -0.3 is 10.2 Å². The highest BCUT2D eigenvalue weighted by Crippen LogP contribution is 2.24. The third-order valence-electron chi connectivity index (χ3n) is 3.87. The number of halogens is 4. The van der Waals surface area contributed by atoms with E-state index in [0.29, 0.717) is 33.2 Å². The molecule has 3 rings (SSSR count). The lowest BCUT2D eigenvalue weighted by Gasteiger charge is -2.08. The number of nitrogens with zero attached hydrogens (tertiary/aromatic N) is 1. The molecule has 0 radical (unpaired) electrons. The van der Waals surface area contributed by atoms with Crippen molar-refractivity contribution in [1.29, 1.82) is 0 Å². The number of benzene rings is 3. The number of rotatable bonds is 7. The van der Waals surface area contributed by atoms with Crippen LogP contribution in [0.4, 0.5) is 0 Å². The summed E-state index contributed by atoms with van der Waals surface area (Å²) < 4.78 is 5.82. The van der Waals surface area contributed by atoms with Gasteiger partial charge in [-0.05, 0) is 47.5 Å². The largest absolute Gasteiger partial charge is 0.489 e. The Labute approximate surface area is 183 Å². The summed E-state index contributed by atoms with van der Waals surface area (Å²) in [6, 6.07) is 18.4. The predicted molar refractivity (Wildman–Crippen MR) is 118 cm³/mol. The summed E-state index contributed by atoms with van der Waals surface area (Å²) >= 11 is 24.2. The van der Waals surface area contributed by atoms with Gasteiger partial charge >= 0.3 is 0 Å². The first kappa shape index (κ1) is 20.8. The van der Waals surface area contributed by atoms with E-state index in [1.807, 2.05) is 30.3 Å². The summed E-state index contributed by atoms with van der Waals surface area (Å²) in [5.74, 6) is 0.726. The van der Waals surface area contributed by atoms with Crippen molar-refractivity contribution in [1.82, 2.24) is 5.43 Å². The second-order valence-corrected chi connectivity index (χ2v) is 7.53. The SMILES string of the molecule is Clc1ccc(COc2cccc(/C=N/NCc3c(Cl)cccc3Cl)c2)cc1Cl. The van der Waals surface area contributed by atoms with Gasteiger partial charge in [0.1, 0.15) is 12.4 Å². The van der Waals surface area contributed by atoms with Gasteiger partial charge in [0.05, 0.1) is 22.8 Å². The highest BCUT2D eigenvalue weighted by atomic mass is 35.5. The number of hydrogen-bond acceptors (Lipinski definition) is 3. The molecular formula is C21H16Cl4N2O. The van der Waals surface area contributed by atoms with Crippen LogP contribution in [-0.4, -0.2) is 6.21 Å². The molecule has 0 atom stereocenters. The molecule has 0 fully saturated rings. The van der Waals surface area contributed by atoms with Crippen molar-refractivity contribution >= 4 is 52.6 Å². The van der Waals surface area contributed by atoms with E-state index in [-0.39, 0.29) is 0 Å². The van der Waals surface area contributed by atoms with Crippen LogP contribution in [0.1, 0.15) is 16.7 Å². The average molecular weight is 454 g/mol. The van der Waals surface area contributed by atoms with Crippen molar-refractivity contribution in [2.24, 2.45) is 5.10 Å². The van der Waals surface area contributed by atoms with Crippen LogP contribution in [0.15, 0.2) is 65.8 Å². The Morgan fingerprint density at radius 3 is 2.32 bits per heavy atom. The molecule has 0 unspecified atom stereocenters. The van der Waals surface area contributed by atoms with Gasteiger partial charge in [-0.15, -0.1) is 0 Å². The monoisotopic (exact) mass is 452 g/mol. The number of nitrogens with one attached hydrogen (secondary N) is 1. The first-order chi connectivity index (χ1) is 13.5. The molecule has 0 spiro atoms. The molecule has 7 heteroatoms. The van der Waals surface area contributed by atoms with Gasteiger partial charge in [-0.25, -0.2) is 0 Å². The minimum absolute atomic E-state index is 0.390. The maximum Gasteiger partial charge on any atom is 0.120 e. The maximum atomic E-state index is 6.14. The standard InChI is InChI=1S/C21H16Cl4N2O/c22-18-5-2-6-19(23)17(18)12-27-26-11-14-3-1-4-16(9-14)28-13-15-7-8-20(24)21(25)10-15/h1-11,27H,12-13H2/b26-11+. The van der Waals surface area contributed by atoms with Crippen LogP contribution in [0.5, 0.6) is 5.75 Å². The summed E-state index contributed by atoms with van der Waals surface area (Å²) in [6.07, 6.45) is 1.71. The van der Waals surface area contributed by atoms with Crippen LogP contribution in [0.2, 0.25) is 20.1 Å². The van der Waals surface area contributed by atoms with Gasteiger partial charge in [0.25, 0.3) is 0 Å². The van der Waals surface area contributed by atoms with Gasteiger partial charge in [-0.3, -0.25) is 0 Å². The lowest BCUT2D eigenvalue weighted by atomic mass is 10.2. The summed E-state index contributed by atoms with van der Waals surface area (Å²) in [5, 5.41) is 6.46. The van der Waals surface area contributed by atoms with E-state index in [2.05, 4.69) is 10.5 Å². The molecule has 0 aliphatic rings. The summed E-state index contributed by atoms with van der Waals surface area (Å²) in [7, 11) is 0. The lowest BCUT2D eigenvalue weighted by Crippen LogP contribution is -2.06. The zero-order chi connectivity index (χ0) is 19.9. The van der Waals surface area contributed by atoms with Gasteiger partial charge in [0.2, 0.25) is 0 Å². The van der Waals surface area contributed by atoms with Crippen molar-refractivity contribution in [2.45, 2.75) is 13.2 Å². The second kappa shape index (κ2) is 10.0. The number of hydrazone groups is 1. The molecule has 3 aromatic carbocycles. The van der Waals surface area contributed by atoms with Gasteiger partial charge in [-0.2, -0.15) is 5.10 Å². The zero-order valence-electron chi connectivity index (χ0n) is 14.6. The third-order valence-corrected chi connectivity index (χ3v) is 5.32. The normalized spacial score (nSPS) is 11.0. The molecule has 3 aromatic rings. The molecule has 0 bridgehead atoms. The molecule has 144 valence electrons. The van der Waals surface area contributed by atoms with Gasteiger partial charge in [0.15, 0.2) is 0 Å². The lowest BCUT2D eigenvalue weighted by molar-refractivity contribution is 0.306. The van der Waals surface area contributed by atoms with E-state index in [1.54, 1.807) is 36.5 Å². The van der Waals surface area contributed by atoms with Crippen molar-refractivity contribution in [2.75, 3.05) is 0 Å². The molecular weight excluding hydrogens is 438 g/mol. The zero-order valence-corrected chi connectivity index (χ0v) is 17.7. The molecule has 0 aliphatic carbocycles. The highest BCUT2D eigenvalue weighted by Gasteiger charge is 2.04. The Hall–Kier alpha value is -1.91. The van der Waals surface area contributed by atoms with E-state index in [0.717, 1.165) is 22.4 Å². The molecule has 0 amide bonds. The van der Waals surface area contributed by atoms with E-state index in [1.165, 1.54) is 0 Å². The molecule has 0 saturated heterocycles. The Morgan fingerprint density at radius 2 is 1.57 bits per heavy atom. The van der Waals surface area contributed by atoms with Crippen molar-refractivity contribution < 1.29 is 4.74 Å². The predicted octanol–water partition coefficient (Wildman–Crippen LogP) is 7.00. The van der Waals surface area contributed by atoms with Crippen LogP contribution >= 0.6 is 46.4 Å². The van der Waals surface area contributed by atoms with Crippen molar-refractivity contribution in [3.63, 3.8) is 0 Å². The minimum atomic E-state index is 0.390. The van der Waals surface area contributed by atoms with E-state index in [4.69, 9.17) is 51.1 Å². The molecule has 28 heavy (non-hydrogen) atoms. The fourth-order valence-corrected chi connectivity index (χ4v) is 3.28. The number of ether oxygens (including phenoxy) is 1. The topological polar surface area (TPSA) is 33.6 Å². The molecule has 0 aromatic heterocycles. The first-order valence-electron chi connectivity index (χ1n) is 8.38. The third kappa shape index (κ3) is 5.79. The van der Waals surface area contributed by atoms with E-state index < -0.39 is 0 Å². The Morgan fingerprint density at radius 1 is 0.821 bits per heavy atom. The molecule has 0 saturated carbocycles. The van der Waals surface area contributed by atoms with Gasteiger partial charge in [0, 0.05) is 15.6 Å². The highest BCUT2D eigenvalue weighted by molar-refractivity contribution is 6.42. The molecule has 0 aliphatic heterocycles. The summed E-state index contributed by atoms with van der Waals surface area (Å²) in [6.45, 7) is 0.823. The Kier molecular flexibility index (Phi) is 7.46. The maximum absolute atomic E-state index is 6.14. The average Bonchev–Trinajstić information content (AvgIpc) is 2.68. The molecule has 0 heterocycles. The van der Waals surface area contributed by atoms with Crippen LogP contribution in [-0.2, 0) is 13.2 Å². The molecule has 3 nitrogen and oxygen atoms in total. The minimum Gasteiger partial charge on any atom is -0.489 e. The van der Waals surface area contributed by atoms with Crippen LogP contribution in [0.25, 0.3) is 0 Å². The molecule has 1 N–H and O–H groups in total. The Balaban J connectivity index is 1.57. The van der Waals surface area contributed by atoms with E-state index >= 15 is 0 Å². The summed E-state index contributed by atoms with van der Waals surface area (Å²) in [4.78, 5) is 0. The summed E-state index contributed by atoms with van der Waals surface area (Å²) in [5.41, 5.74) is 5.59. The quantitative estimate of drug-likeness (QED) is 0.308. The van der Waals surface area contributed by atoms with Crippen LogP contribution < -0.4 is 10.2 Å². The van der Waals surface area contributed by atoms with Crippen molar-refractivity contribution in [3.8, 4) is 5.75 Å².